The van der Waals surface area contributed by atoms with Crippen LogP contribution in [0.1, 0.15) is 21.6 Å². The van der Waals surface area contributed by atoms with Crippen molar-refractivity contribution in [2.24, 2.45) is 5.73 Å². The monoisotopic (exact) mass is 309 g/mol. The van der Waals surface area contributed by atoms with Gasteiger partial charge in [-0.25, -0.2) is 0 Å². The zero-order chi connectivity index (χ0) is 16.2. The van der Waals surface area contributed by atoms with E-state index < -0.39 is 5.91 Å². The predicted octanol–water partition coefficient (Wildman–Crippen LogP) is 1.31. The van der Waals surface area contributed by atoms with E-state index >= 15 is 0 Å². The molecule has 0 radical (unpaired) electrons. The number of H-pyrrole nitrogens is 1. The van der Waals surface area contributed by atoms with E-state index in [1.807, 2.05) is 18.2 Å². The molecule has 1 aromatic heterocycles. The Morgan fingerprint density at radius 2 is 1.91 bits per heavy atom. The maximum Gasteiger partial charge on any atom is 0.248 e. The van der Waals surface area contributed by atoms with Crippen molar-refractivity contribution in [1.82, 2.24) is 9.88 Å². The number of primary amides is 1. The fourth-order valence-corrected chi connectivity index (χ4v) is 2.84. The Hall–Kier alpha value is -2.78. The first-order valence-electron chi connectivity index (χ1n) is 7.60. The van der Waals surface area contributed by atoms with Crippen molar-refractivity contribution in [1.29, 1.82) is 5.26 Å². The number of nitrogens with two attached hydrogens (primary N) is 1. The van der Waals surface area contributed by atoms with Gasteiger partial charge < -0.3 is 15.6 Å². The van der Waals surface area contributed by atoms with Crippen LogP contribution in [0.5, 0.6) is 0 Å². The normalized spacial score (nSPS) is 15.3. The van der Waals surface area contributed by atoms with Crippen molar-refractivity contribution in [2.75, 3.05) is 31.1 Å². The second-order valence-corrected chi connectivity index (χ2v) is 5.70. The van der Waals surface area contributed by atoms with Gasteiger partial charge in [-0.2, -0.15) is 5.26 Å². The summed E-state index contributed by atoms with van der Waals surface area (Å²) in [7, 11) is 0. The topological polar surface area (TPSA) is 89.2 Å². The molecule has 2 heterocycles. The molecule has 0 spiro atoms. The number of nitrogens with zero attached hydrogens (tertiary/aromatic N) is 3. The van der Waals surface area contributed by atoms with E-state index in [0.717, 1.165) is 44.1 Å². The fourth-order valence-electron chi connectivity index (χ4n) is 2.84. The summed E-state index contributed by atoms with van der Waals surface area (Å²) >= 11 is 0. The van der Waals surface area contributed by atoms with Crippen LogP contribution in [-0.2, 0) is 6.54 Å². The molecule has 1 fully saturated rings. The van der Waals surface area contributed by atoms with Gasteiger partial charge in [-0.05, 0) is 30.3 Å². The van der Waals surface area contributed by atoms with Crippen LogP contribution in [0, 0.1) is 11.3 Å². The van der Waals surface area contributed by atoms with Gasteiger partial charge >= 0.3 is 0 Å². The first-order valence-corrected chi connectivity index (χ1v) is 7.60. The Kier molecular flexibility index (Phi) is 4.31. The standard InChI is InChI=1S/C17H19N5O/c18-10-13-9-15(20-11-13)12-21-5-7-22(8-6-21)16-3-1-14(2-4-16)17(19)23/h1-4,9,11,20H,5-8,12H2,(H2,19,23). The van der Waals surface area contributed by atoms with Crippen LogP contribution in [0.3, 0.4) is 0 Å². The molecule has 0 bridgehead atoms. The molecule has 2 aromatic rings. The highest BCUT2D eigenvalue weighted by atomic mass is 16.1. The molecular weight excluding hydrogens is 290 g/mol. The highest BCUT2D eigenvalue weighted by molar-refractivity contribution is 5.93. The Bertz CT molecular complexity index is 720. The molecule has 0 atom stereocenters. The van der Waals surface area contributed by atoms with Crippen LogP contribution in [0.25, 0.3) is 0 Å². The molecule has 1 saturated heterocycles. The number of aromatic nitrogens is 1. The number of benzene rings is 1. The van der Waals surface area contributed by atoms with E-state index in [2.05, 4.69) is 20.9 Å². The third-order valence-electron chi connectivity index (χ3n) is 4.16. The molecule has 0 aliphatic carbocycles. The van der Waals surface area contributed by atoms with Crippen molar-refractivity contribution in [3.63, 3.8) is 0 Å². The van der Waals surface area contributed by atoms with Crippen LogP contribution >= 0.6 is 0 Å². The van der Waals surface area contributed by atoms with Crippen LogP contribution < -0.4 is 10.6 Å². The number of aromatic amines is 1. The molecule has 3 N–H and O–H groups in total. The van der Waals surface area contributed by atoms with E-state index in [-0.39, 0.29) is 0 Å². The minimum Gasteiger partial charge on any atom is -0.369 e. The van der Waals surface area contributed by atoms with E-state index in [1.165, 1.54) is 0 Å². The summed E-state index contributed by atoms with van der Waals surface area (Å²) in [5.41, 5.74) is 8.65. The number of rotatable bonds is 4. The average Bonchev–Trinajstić information content (AvgIpc) is 3.03. The van der Waals surface area contributed by atoms with Crippen molar-refractivity contribution in [2.45, 2.75) is 6.54 Å². The highest BCUT2D eigenvalue weighted by Gasteiger charge is 2.18. The minimum atomic E-state index is -0.399. The maximum atomic E-state index is 11.1. The van der Waals surface area contributed by atoms with Crippen LogP contribution in [0.4, 0.5) is 5.69 Å². The molecule has 0 unspecified atom stereocenters. The zero-order valence-corrected chi connectivity index (χ0v) is 12.8. The van der Waals surface area contributed by atoms with Gasteiger partial charge in [0.1, 0.15) is 6.07 Å². The van der Waals surface area contributed by atoms with E-state index in [9.17, 15) is 4.79 Å². The number of carbonyl (C=O) groups is 1. The molecule has 0 saturated carbocycles. The summed E-state index contributed by atoms with van der Waals surface area (Å²) in [6.07, 6.45) is 1.74. The number of nitrogens with one attached hydrogen (secondary N) is 1. The molecule has 1 aliphatic rings. The molecule has 118 valence electrons. The summed E-state index contributed by atoms with van der Waals surface area (Å²) in [5, 5.41) is 8.85. The predicted molar refractivity (Wildman–Crippen MR) is 88.0 cm³/mol. The van der Waals surface area contributed by atoms with Gasteiger partial charge in [0.25, 0.3) is 0 Å². The molecule has 23 heavy (non-hydrogen) atoms. The van der Waals surface area contributed by atoms with Crippen molar-refractivity contribution in [3.8, 4) is 6.07 Å². The SMILES string of the molecule is N#Cc1c[nH]c(CN2CCN(c3ccc(C(N)=O)cc3)CC2)c1. The molecule has 3 rings (SSSR count). The second-order valence-electron chi connectivity index (χ2n) is 5.70. The minimum absolute atomic E-state index is 0.399. The number of piperazine rings is 1. The lowest BCUT2D eigenvalue weighted by molar-refractivity contribution is 0.100. The van der Waals surface area contributed by atoms with Crippen molar-refractivity contribution in [3.05, 3.63) is 53.3 Å². The molecule has 6 nitrogen and oxygen atoms in total. The fraction of sp³-hybridized carbons (Fsp3) is 0.294. The van der Waals surface area contributed by atoms with Gasteiger partial charge in [0.05, 0.1) is 5.56 Å². The zero-order valence-electron chi connectivity index (χ0n) is 12.8. The van der Waals surface area contributed by atoms with E-state index in [1.54, 1.807) is 18.3 Å². The second kappa shape index (κ2) is 6.55. The first-order chi connectivity index (χ1) is 11.2. The number of amides is 1. The molecule has 1 aromatic carbocycles. The molecular formula is C17H19N5O. The number of hydrogen-bond donors (Lipinski definition) is 2. The molecule has 1 aliphatic heterocycles. The van der Waals surface area contributed by atoms with Crippen molar-refractivity contribution < 1.29 is 4.79 Å². The lowest BCUT2D eigenvalue weighted by atomic mass is 10.1. The third kappa shape index (κ3) is 3.52. The van der Waals surface area contributed by atoms with Gasteiger partial charge in [0.15, 0.2) is 0 Å². The van der Waals surface area contributed by atoms with E-state index in [0.29, 0.717) is 11.1 Å². The summed E-state index contributed by atoms with van der Waals surface area (Å²) in [6.45, 7) is 4.61. The maximum absolute atomic E-state index is 11.1. The van der Waals surface area contributed by atoms with Gasteiger partial charge in [-0.3, -0.25) is 9.69 Å². The lowest BCUT2D eigenvalue weighted by Crippen LogP contribution is -2.46. The van der Waals surface area contributed by atoms with Crippen molar-refractivity contribution >= 4 is 11.6 Å². The molecule has 1 amide bonds. The van der Waals surface area contributed by atoms with Crippen LogP contribution in [0.2, 0.25) is 0 Å². The Labute approximate surface area is 135 Å². The quantitative estimate of drug-likeness (QED) is 0.891. The van der Waals surface area contributed by atoms with E-state index in [4.69, 9.17) is 11.0 Å². The summed E-state index contributed by atoms with van der Waals surface area (Å²) in [5.74, 6) is -0.399. The number of anilines is 1. The highest BCUT2D eigenvalue weighted by Crippen LogP contribution is 2.18. The van der Waals surface area contributed by atoms with Gasteiger partial charge in [-0.1, -0.05) is 0 Å². The number of carbonyl (C=O) groups excluding carboxylic acids is 1. The third-order valence-corrected chi connectivity index (χ3v) is 4.16. The number of hydrogen-bond acceptors (Lipinski definition) is 4. The lowest BCUT2D eigenvalue weighted by Gasteiger charge is -2.36. The van der Waals surface area contributed by atoms with Crippen LogP contribution in [-0.4, -0.2) is 42.0 Å². The largest absolute Gasteiger partial charge is 0.369 e. The summed E-state index contributed by atoms with van der Waals surface area (Å²) in [6, 6.07) is 11.5. The smallest absolute Gasteiger partial charge is 0.248 e. The average molecular weight is 309 g/mol. The van der Waals surface area contributed by atoms with Gasteiger partial charge in [-0.15, -0.1) is 0 Å². The Morgan fingerprint density at radius 3 is 2.48 bits per heavy atom. The van der Waals surface area contributed by atoms with Gasteiger partial charge in [0.2, 0.25) is 5.91 Å². The summed E-state index contributed by atoms with van der Waals surface area (Å²) < 4.78 is 0. The first kappa shape index (κ1) is 15.1. The Morgan fingerprint density at radius 1 is 1.22 bits per heavy atom. The van der Waals surface area contributed by atoms with Gasteiger partial charge in [0, 0.05) is 55.9 Å². The number of nitriles is 1. The van der Waals surface area contributed by atoms with Crippen LogP contribution in [0.15, 0.2) is 36.5 Å². The summed E-state index contributed by atoms with van der Waals surface area (Å²) in [4.78, 5) is 18.9. The molecule has 6 heteroatoms. The Balaban J connectivity index is 1.55.